The fourth-order valence-corrected chi connectivity index (χ4v) is 3.65. The molecule has 3 nitrogen and oxygen atoms in total. The van der Waals surface area contributed by atoms with Crippen LogP contribution in [0.2, 0.25) is 0 Å². The Kier molecular flexibility index (Phi) is 3.80. The van der Waals surface area contributed by atoms with E-state index >= 15 is 0 Å². The van der Waals surface area contributed by atoms with Gasteiger partial charge in [-0.1, -0.05) is 66.2 Å². The number of cyclic esters (lactones) is 1. The monoisotopic (exact) mass is 363 g/mol. The standard InChI is InChI=1S/C25H17NO2/c1-16-7-6-10-19(13-16)24-26-23(25(27)28-24)15-22-20-11-4-2-8-17(20)14-18-9-3-5-12-21(18)22/h2-15H,1H3. The summed E-state index contributed by atoms with van der Waals surface area (Å²) in [5.41, 5.74) is 3.20. The Morgan fingerprint density at radius 3 is 2.18 bits per heavy atom. The summed E-state index contributed by atoms with van der Waals surface area (Å²) in [7, 11) is 0. The number of ether oxygens (including phenoxy) is 1. The van der Waals surface area contributed by atoms with Crippen LogP contribution in [0.15, 0.2) is 89.6 Å². The van der Waals surface area contributed by atoms with Crippen LogP contribution in [-0.4, -0.2) is 11.9 Å². The maximum absolute atomic E-state index is 12.5. The molecular weight excluding hydrogens is 346 g/mol. The number of benzene rings is 4. The molecule has 134 valence electrons. The number of aryl methyl sites for hydroxylation is 1. The molecule has 0 atom stereocenters. The van der Waals surface area contributed by atoms with Gasteiger partial charge in [-0.15, -0.1) is 0 Å². The third kappa shape index (κ3) is 2.78. The van der Waals surface area contributed by atoms with Crippen LogP contribution < -0.4 is 0 Å². The topological polar surface area (TPSA) is 38.7 Å². The van der Waals surface area contributed by atoms with E-state index < -0.39 is 5.97 Å². The highest BCUT2D eigenvalue weighted by atomic mass is 16.6. The lowest BCUT2D eigenvalue weighted by molar-refractivity contribution is -0.129. The Bertz CT molecular complexity index is 1260. The summed E-state index contributed by atoms with van der Waals surface area (Å²) in [6.07, 6.45) is 1.84. The van der Waals surface area contributed by atoms with Crippen molar-refractivity contribution < 1.29 is 9.53 Å². The van der Waals surface area contributed by atoms with E-state index in [9.17, 15) is 4.79 Å². The fraction of sp³-hybridized carbons (Fsp3) is 0.0400. The minimum absolute atomic E-state index is 0.318. The highest BCUT2D eigenvalue weighted by molar-refractivity contribution is 6.15. The van der Waals surface area contributed by atoms with Crippen molar-refractivity contribution in [2.45, 2.75) is 6.92 Å². The molecule has 4 aromatic rings. The lowest BCUT2D eigenvalue weighted by Gasteiger charge is -2.08. The highest BCUT2D eigenvalue weighted by Crippen LogP contribution is 2.31. The normalized spacial score (nSPS) is 15.2. The number of aliphatic imine (C=N–C) groups is 1. The van der Waals surface area contributed by atoms with Gasteiger partial charge >= 0.3 is 5.97 Å². The molecule has 0 aromatic heterocycles. The van der Waals surface area contributed by atoms with Crippen molar-refractivity contribution in [1.82, 2.24) is 0 Å². The molecule has 4 aromatic carbocycles. The van der Waals surface area contributed by atoms with Crippen molar-refractivity contribution in [3.05, 3.63) is 101 Å². The molecule has 0 radical (unpaired) electrons. The second-order valence-electron chi connectivity index (χ2n) is 6.94. The van der Waals surface area contributed by atoms with Crippen LogP contribution in [0.25, 0.3) is 27.6 Å². The minimum Gasteiger partial charge on any atom is -0.402 e. The summed E-state index contributed by atoms with van der Waals surface area (Å²) >= 11 is 0. The summed E-state index contributed by atoms with van der Waals surface area (Å²) in [5, 5.41) is 4.42. The fourth-order valence-electron chi connectivity index (χ4n) is 3.65. The molecule has 5 rings (SSSR count). The van der Waals surface area contributed by atoms with Crippen LogP contribution >= 0.6 is 0 Å². The van der Waals surface area contributed by atoms with Gasteiger partial charge in [-0.05, 0) is 58.3 Å². The Hall–Kier alpha value is -3.72. The van der Waals surface area contributed by atoms with E-state index in [-0.39, 0.29) is 0 Å². The molecule has 0 saturated carbocycles. The molecule has 1 aliphatic rings. The van der Waals surface area contributed by atoms with Gasteiger partial charge in [-0.25, -0.2) is 9.79 Å². The second-order valence-corrected chi connectivity index (χ2v) is 6.94. The van der Waals surface area contributed by atoms with E-state index in [1.807, 2.05) is 61.5 Å². The average Bonchev–Trinajstić information content (AvgIpc) is 3.08. The number of hydrogen-bond acceptors (Lipinski definition) is 3. The van der Waals surface area contributed by atoms with E-state index in [4.69, 9.17) is 4.74 Å². The van der Waals surface area contributed by atoms with Gasteiger partial charge in [0.25, 0.3) is 0 Å². The second kappa shape index (κ2) is 6.46. The minimum atomic E-state index is -0.423. The first-order valence-corrected chi connectivity index (χ1v) is 9.19. The molecule has 3 heteroatoms. The van der Waals surface area contributed by atoms with Crippen LogP contribution in [0.4, 0.5) is 0 Å². The quantitative estimate of drug-likeness (QED) is 0.262. The van der Waals surface area contributed by atoms with E-state index in [1.165, 1.54) is 0 Å². The van der Waals surface area contributed by atoms with Crippen molar-refractivity contribution in [3.8, 4) is 0 Å². The van der Waals surface area contributed by atoms with Crippen LogP contribution in [0.1, 0.15) is 16.7 Å². The zero-order valence-corrected chi connectivity index (χ0v) is 15.3. The number of esters is 1. The third-order valence-corrected chi connectivity index (χ3v) is 4.98. The van der Waals surface area contributed by atoms with Crippen LogP contribution in [0.3, 0.4) is 0 Å². The lowest BCUT2D eigenvalue weighted by Crippen LogP contribution is -2.05. The predicted octanol–water partition coefficient (Wildman–Crippen LogP) is 5.65. The van der Waals surface area contributed by atoms with Gasteiger partial charge in [0.2, 0.25) is 5.90 Å². The van der Waals surface area contributed by atoms with Crippen LogP contribution in [0.5, 0.6) is 0 Å². The number of carbonyl (C=O) groups excluding carboxylic acids is 1. The number of nitrogens with zero attached hydrogens (tertiary/aromatic N) is 1. The Morgan fingerprint density at radius 1 is 0.821 bits per heavy atom. The first kappa shape index (κ1) is 16.5. The molecule has 0 saturated heterocycles. The molecular formula is C25H17NO2. The van der Waals surface area contributed by atoms with Gasteiger partial charge in [0.05, 0.1) is 0 Å². The van der Waals surface area contributed by atoms with Crippen molar-refractivity contribution in [2.24, 2.45) is 4.99 Å². The van der Waals surface area contributed by atoms with Gasteiger partial charge in [0, 0.05) is 5.56 Å². The molecule has 0 aliphatic carbocycles. The van der Waals surface area contributed by atoms with Gasteiger partial charge in [-0.2, -0.15) is 0 Å². The van der Waals surface area contributed by atoms with E-state index in [0.29, 0.717) is 11.6 Å². The molecule has 0 N–H and O–H groups in total. The van der Waals surface area contributed by atoms with Gasteiger partial charge in [0.1, 0.15) is 0 Å². The van der Waals surface area contributed by atoms with Crippen LogP contribution in [0, 0.1) is 6.92 Å². The molecule has 1 heterocycles. The Morgan fingerprint density at radius 2 is 1.50 bits per heavy atom. The molecule has 0 fully saturated rings. The first-order chi connectivity index (χ1) is 13.7. The Balaban J connectivity index is 1.72. The number of fused-ring (bicyclic) bond motifs is 2. The largest absolute Gasteiger partial charge is 0.402 e. The number of hydrogen-bond donors (Lipinski definition) is 0. The van der Waals surface area contributed by atoms with Gasteiger partial charge in [0.15, 0.2) is 5.70 Å². The van der Waals surface area contributed by atoms with Crippen molar-refractivity contribution in [2.75, 3.05) is 0 Å². The SMILES string of the molecule is Cc1cccc(C2=NC(=Cc3c4ccccc4cc4ccccc34)C(=O)O2)c1. The molecule has 0 spiro atoms. The lowest BCUT2D eigenvalue weighted by atomic mass is 9.96. The smallest absolute Gasteiger partial charge is 0.363 e. The molecule has 0 unspecified atom stereocenters. The summed E-state index contributed by atoms with van der Waals surface area (Å²) < 4.78 is 5.45. The first-order valence-electron chi connectivity index (χ1n) is 9.19. The zero-order chi connectivity index (χ0) is 19.1. The highest BCUT2D eigenvalue weighted by Gasteiger charge is 2.24. The average molecular weight is 363 g/mol. The van der Waals surface area contributed by atoms with E-state index in [2.05, 4.69) is 35.3 Å². The summed E-state index contributed by atoms with van der Waals surface area (Å²) in [6, 6.07) is 26.3. The number of rotatable bonds is 2. The zero-order valence-electron chi connectivity index (χ0n) is 15.3. The molecule has 0 amide bonds. The van der Waals surface area contributed by atoms with Gasteiger partial charge in [-0.3, -0.25) is 0 Å². The van der Waals surface area contributed by atoms with Crippen molar-refractivity contribution in [1.29, 1.82) is 0 Å². The molecule has 1 aliphatic heterocycles. The summed E-state index contributed by atoms with van der Waals surface area (Å²) in [6.45, 7) is 2.00. The summed E-state index contributed by atoms with van der Waals surface area (Å²) in [4.78, 5) is 17.0. The van der Waals surface area contributed by atoms with Crippen molar-refractivity contribution >= 4 is 39.5 Å². The van der Waals surface area contributed by atoms with E-state index in [0.717, 1.165) is 38.2 Å². The van der Waals surface area contributed by atoms with Crippen LogP contribution in [-0.2, 0) is 9.53 Å². The Labute approximate surface area is 162 Å². The van der Waals surface area contributed by atoms with Gasteiger partial charge < -0.3 is 4.74 Å². The summed E-state index contributed by atoms with van der Waals surface area (Å²) in [5.74, 6) is -0.0713. The molecule has 0 bridgehead atoms. The molecule has 28 heavy (non-hydrogen) atoms. The third-order valence-electron chi connectivity index (χ3n) is 4.98. The van der Waals surface area contributed by atoms with E-state index in [1.54, 1.807) is 0 Å². The van der Waals surface area contributed by atoms with Crippen molar-refractivity contribution in [3.63, 3.8) is 0 Å². The maximum Gasteiger partial charge on any atom is 0.363 e. The number of carbonyl (C=O) groups is 1. The maximum atomic E-state index is 12.5. The predicted molar refractivity (Wildman–Crippen MR) is 113 cm³/mol.